The molecule has 0 N–H and O–H groups in total. The van der Waals surface area contributed by atoms with Gasteiger partial charge in [-0.2, -0.15) is 0 Å². The Labute approximate surface area is 184 Å². The molecule has 3 aromatic rings. The molecule has 2 heterocycles. The Bertz CT molecular complexity index is 1310. The molecular weight excluding hydrogens is 490 g/mol. The molecule has 1 aromatic carbocycles. The van der Waals surface area contributed by atoms with Crippen molar-refractivity contribution in [3.05, 3.63) is 64.4 Å². The van der Waals surface area contributed by atoms with E-state index in [-0.39, 0.29) is 33.2 Å². The van der Waals surface area contributed by atoms with Gasteiger partial charge in [0.2, 0.25) is 5.78 Å². The highest BCUT2D eigenvalue weighted by atomic mass is 79.9. The third-order valence-electron chi connectivity index (χ3n) is 4.64. The van der Waals surface area contributed by atoms with E-state index in [4.69, 9.17) is 0 Å². The molecule has 0 saturated heterocycles. The van der Waals surface area contributed by atoms with E-state index in [1.165, 1.54) is 16.7 Å². The van der Waals surface area contributed by atoms with E-state index in [0.29, 0.717) is 12.8 Å². The highest BCUT2D eigenvalue weighted by Gasteiger charge is 2.36. The second-order valence-electron chi connectivity index (χ2n) is 6.94. The predicted molar refractivity (Wildman–Crippen MR) is 120 cm³/mol. The Morgan fingerprint density at radius 3 is 2.00 bits per heavy atom. The van der Waals surface area contributed by atoms with Gasteiger partial charge in [-0.25, -0.2) is 16.8 Å². The molecule has 2 aromatic heterocycles. The molecule has 30 heavy (non-hydrogen) atoms. The first-order chi connectivity index (χ1) is 14.1. The molecule has 0 unspecified atom stereocenters. The molecule has 3 rings (SSSR count). The van der Waals surface area contributed by atoms with Crippen LogP contribution in [0.5, 0.6) is 0 Å². The Kier molecular flexibility index (Phi) is 6.54. The number of aromatic nitrogens is 1. The largest absolute Gasteiger partial charge is 0.311 e. The van der Waals surface area contributed by atoms with Crippen LogP contribution >= 0.6 is 15.9 Å². The van der Waals surface area contributed by atoms with Gasteiger partial charge >= 0.3 is 0 Å². The molecule has 9 heteroatoms. The Hall–Kier alpha value is -1.97. The number of nitrogens with zero attached hydrogens (tertiary/aromatic N) is 1. The lowest BCUT2D eigenvalue weighted by Gasteiger charge is -2.09. The van der Waals surface area contributed by atoms with E-state index >= 15 is 0 Å². The molecule has 0 saturated carbocycles. The van der Waals surface area contributed by atoms with Crippen molar-refractivity contribution >= 4 is 46.9 Å². The molecule has 0 aliphatic heterocycles. The Morgan fingerprint density at radius 2 is 1.43 bits per heavy atom. The number of benzene rings is 1. The highest BCUT2D eigenvalue weighted by molar-refractivity contribution is 9.10. The van der Waals surface area contributed by atoms with Gasteiger partial charge in [-0.3, -0.25) is 4.79 Å². The summed E-state index contributed by atoms with van der Waals surface area (Å²) in [5.74, 6) is -1.00. The lowest BCUT2D eigenvalue weighted by molar-refractivity contribution is 0.103. The fourth-order valence-electron chi connectivity index (χ4n) is 3.44. The van der Waals surface area contributed by atoms with Crippen LogP contribution in [0.1, 0.15) is 42.7 Å². The first-order valence-electron chi connectivity index (χ1n) is 9.53. The van der Waals surface area contributed by atoms with E-state index in [9.17, 15) is 21.6 Å². The Morgan fingerprint density at radius 1 is 0.867 bits per heavy atom. The van der Waals surface area contributed by atoms with Gasteiger partial charge < -0.3 is 4.40 Å². The first-order valence-corrected chi connectivity index (χ1v) is 13.6. The molecule has 0 fully saturated rings. The number of hydrogen-bond donors (Lipinski definition) is 0. The quantitative estimate of drug-likeness (QED) is 0.420. The molecule has 160 valence electrons. The summed E-state index contributed by atoms with van der Waals surface area (Å²) in [4.78, 5) is 12.8. The van der Waals surface area contributed by atoms with Crippen molar-refractivity contribution in [2.45, 2.75) is 36.5 Å². The smallest absolute Gasteiger partial charge is 0.211 e. The summed E-state index contributed by atoms with van der Waals surface area (Å²) in [6.45, 7) is 3.41. The molecule has 0 aliphatic rings. The molecule has 0 spiro atoms. The van der Waals surface area contributed by atoms with Crippen molar-refractivity contribution in [2.75, 3.05) is 11.5 Å². The minimum atomic E-state index is -4.03. The van der Waals surface area contributed by atoms with E-state index in [0.717, 1.165) is 4.47 Å². The first kappa shape index (κ1) is 22.7. The van der Waals surface area contributed by atoms with E-state index in [1.807, 2.05) is 0 Å². The number of ketones is 1. The van der Waals surface area contributed by atoms with Gasteiger partial charge in [0.15, 0.2) is 19.7 Å². The van der Waals surface area contributed by atoms with Gasteiger partial charge in [0.1, 0.15) is 15.5 Å². The number of hydrogen-bond acceptors (Lipinski definition) is 5. The highest BCUT2D eigenvalue weighted by Crippen LogP contribution is 2.35. The third kappa shape index (κ3) is 4.10. The molecule has 0 aliphatic carbocycles. The van der Waals surface area contributed by atoms with Gasteiger partial charge in [0.05, 0.1) is 17.0 Å². The standard InChI is InChI=1S/C21H22BrNO5S2/c1-3-13-29(25,26)20-17-7-5-6-12-23(17)18(21(20)30(27,28)14-4-2)19(24)15-8-10-16(22)11-9-15/h5-12H,3-4,13-14H2,1-2H3. The summed E-state index contributed by atoms with van der Waals surface area (Å²) >= 11 is 3.31. The fraction of sp³-hybridized carbons (Fsp3) is 0.286. The number of rotatable bonds is 8. The van der Waals surface area contributed by atoms with Crippen LogP contribution in [0.3, 0.4) is 0 Å². The van der Waals surface area contributed by atoms with Gasteiger partial charge in [-0.1, -0.05) is 35.8 Å². The van der Waals surface area contributed by atoms with Crippen LogP contribution in [0.25, 0.3) is 5.52 Å². The van der Waals surface area contributed by atoms with Crippen molar-refractivity contribution in [3.63, 3.8) is 0 Å². The van der Waals surface area contributed by atoms with Crippen molar-refractivity contribution in [3.8, 4) is 0 Å². The number of sulfone groups is 2. The van der Waals surface area contributed by atoms with Crippen LogP contribution in [0.4, 0.5) is 0 Å². The zero-order valence-corrected chi connectivity index (χ0v) is 19.8. The zero-order valence-electron chi connectivity index (χ0n) is 16.6. The molecule has 0 amide bonds. The molecule has 0 radical (unpaired) electrons. The predicted octanol–water partition coefficient (Wildman–Crippen LogP) is 4.30. The van der Waals surface area contributed by atoms with Gasteiger partial charge in [0.25, 0.3) is 0 Å². The molecule has 0 atom stereocenters. The van der Waals surface area contributed by atoms with Gasteiger partial charge in [-0.05, 0) is 49.2 Å². The van der Waals surface area contributed by atoms with Crippen LogP contribution < -0.4 is 0 Å². The van der Waals surface area contributed by atoms with E-state index in [2.05, 4.69) is 15.9 Å². The topological polar surface area (TPSA) is 89.8 Å². The normalized spacial score (nSPS) is 12.4. The van der Waals surface area contributed by atoms with Gasteiger partial charge in [0, 0.05) is 16.2 Å². The van der Waals surface area contributed by atoms with Crippen molar-refractivity contribution < 1.29 is 21.6 Å². The fourth-order valence-corrected chi connectivity index (χ4v) is 7.68. The lowest BCUT2D eigenvalue weighted by Crippen LogP contribution is -2.17. The third-order valence-corrected chi connectivity index (χ3v) is 9.25. The second kappa shape index (κ2) is 8.64. The van der Waals surface area contributed by atoms with Crippen LogP contribution in [-0.2, 0) is 19.7 Å². The minimum absolute atomic E-state index is 0.143. The number of fused-ring (bicyclic) bond motifs is 1. The van der Waals surface area contributed by atoms with E-state index < -0.39 is 30.4 Å². The SMILES string of the molecule is CCCS(=O)(=O)c1c(S(=O)(=O)CCC)c2ccccn2c1C(=O)c1ccc(Br)cc1. The molecule has 0 bridgehead atoms. The van der Waals surface area contributed by atoms with Crippen molar-refractivity contribution in [1.82, 2.24) is 4.40 Å². The van der Waals surface area contributed by atoms with Crippen molar-refractivity contribution in [1.29, 1.82) is 0 Å². The lowest BCUT2D eigenvalue weighted by atomic mass is 10.1. The van der Waals surface area contributed by atoms with E-state index in [1.54, 1.807) is 50.2 Å². The summed E-state index contributed by atoms with van der Waals surface area (Å²) < 4.78 is 54.9. The maximum Gasteiger partial charge on any atom is 0.211 e. The maximum absolute atomic E-state index is 13.4. The number of halogens is 1. The average molecular weight is 512 g/mol. The summed E-state index contributed by atoms with van der Waals surface area (Å²) in [7, 11) is -7.96. The average Bonchev–Trinajstić information content (AvgIpc) is 3.05. The number of pyridine rings is 1. The van der Waals surface area contributed by atoms with Gasteiger partial charge in [-0.15, -0.1) is 0 Å². The summed E-state index contributed by atoms with van der Waals surface area (Å²) in [6.07, 6.45) is 2.15. The monoisotopic (exact) mass is 511 g/mol. The number of carbonyl (C=O) groups excluding carboxylic acids is 1. The molecular formula is C21H22BrNO5S2. The van der Waals surface area contributed by atoms with Crippen LogP contribution in [0, 0.1) is 0 Å². The van der Waals surface area contributed by atoms with Crippen LogP contribution in [-0.4, -0.2) is 38.5 Å². The summed E-state index contributed by atoms with van der Waals surface area (Å²) in [5, 5.41) is 0. The van der Waals surface area contributed by atoms with Crippen LogP contribution in [0.2, 0.25) is 0 Å². The summed E-state index contributed by atoms with van der Waals surface area (Å²) in [6, 6.07) is 11.3. The zero-order chi connectivity index (χ0) is 22.1. The molecule has 6 nitrogen and oxygen atoms in total. The summed E-state index contributed by atoms with van der Waals surface area (Å²) in [5.41, 5.74) is 0.325. The van der Waals surface area contributed by atoms with Crippen LogP contribution in [0.15, 0.2) is 62.9 Å². The Balaban J connectivity index is 2.47. The maximum atomic E-state index is 13.4. The van der Waals surface area contributed by atoms with Crippen molar-refractivity contribution in [2.24, 2.45) is 0 Å². The second-order valence-corrected chi connectivity index (χ2v) is 11.9. The minimum Gasteiger partial charge on any atom is -0.311 e. The number of carbonyl (C=O) groups is 1.